The maximum absolute atomic E-state index is 11.4. The van der Waals surface area contributed by atoms with E-state index in [0.29, 0.717) is 36.6 Å². The first-order valence-electron chi connectivity index (χ1n) is 6.89. The lowest BCUT2D eigenvalue weighted by Crippen LogP contribution is -2.33. The molecular weight excluding hydrogens is 270 g/mol. The van der Waals surface area contributed by atoms with E-state index in [-0.39, 0.29) is 0 Å². The second-order valence-electron chi connectivity index (χ2n) is 5.75. The van der Waals surface area contributed by atoms with Gasteiger partial charge in [0.05, 0.1) is 5.69 Å². The van der Waals surface area contributed by atoms with Crippen LogP contribution < -0.4 is 10.6 Å². The molecule has 116 valence electrons. The Kier molecular flexibility index (Phi) is 5.59. The van der Waals surface area contributed by atoms with Gasteiger partial charge in [0.1, 0.15) is 23.1 Å². The van der Waals surface area contributed by atoms with Crippen molar-refractivity contribution < 1.29 is 9.53 Å². The van der Waals surface area contributed by atoms with E-state index in [2.05, 4.69) is 21.8 Å². The molecule has 21 heavy (non-hydrogen) atoms. The Morgan fingerprint density at radius 3 is 2.67 bits per heavy atom. The van der Waals surface area contributed by atoms with E-state index >= 15 is 0 Å². The first-order valence-corrected chi connectivity index (χ1v) is 6.89. The molecule has 0 aliphatic rings. The second-order valence-corrected chi connectivity index (χ2v) is 5.75. The number of aryl methyl sites for hydroxylation is 2. The lowest BCUT2D eigenvalue weighted by molar-refractivity contribution is 0.0528. The summed E-state index contributed by atoms with van der Waals surface area (Å²) in [6.45, 7) is 8.39. The number of aromatic nitrogens is 2. The molecule has 0 aliphatic carbocycles. The van der Waals surface area contributed by atoms with Crippen molar-refractivity contribution in [1.29, 1.82) is 5.26 Å². The van der Waals surface area contributed by atoms with Crippen LogP contribution in [0.5, 0.6) is 0 Å². The third kappa shape index (κ3) is 5.34. The van der Waals surface area contributed by atoms with Gasteiger partial charge in [0.15, 0.2) is 0 Å². The lowest BCUT2D eigenvalue weighted by Gasteiger charge is -2.19. The number of ether oxygens (including phenoxy) is 1. The third-order valence-corrected chi connectivity index (χ3v) is 2.65. The van der Waals surface area contributed by atoms with Crippen molar-refractivity contribution in [2.24, 2.45) is 7.05 Å². The Hall–Kier alpha value is -2.23. The van der Waals surface area contributed by atoms with Crippen LogP contribution in [0, 0.1) is 18.3 Å². The Labute approximate surface area is 125 Å². The van der Waals surface area contributed by atoms with Crippen molar-refractivity contribution in [2.45, 2.75) is 39.7 Å². The van der Waals surface area contributed by atoms with Crippen molar-refractivity contribution >= 4 is 11.9 Å². The van der Waals surface area contributed by atoms with Gasteiger partial charge in [-0.2, -0.15) is 10.4 Å². The highest BCUT2D eigenvalue weighted by molar-refractivity contribution is 5.67. The first-order chi connectivity index (χ1) is 9.74. The fourth-order valence-electron chi connectivity index (χ4n) is 1.79. The molecule has 0 spiro atoms. The molecule has 1 aromatic heterocycles. The average Bonchev–Trinajstić information content (AvgIpc) is 2.60. The second kappa shape index (κ2) is 6.97. The van der Waals surface area contributed by atoms with Crippen molar-refractivity contribution in [3.63, 3.8) is 0 Å². The predicted octanol–water partition coefficient (Wildman–Crippen LogP) is 1.93. The predicted molar refractivity (Wildman–Crippen MR) is 80.0 cm³/mol. The van der Waals surface area contributed by atoms with E-state index < -0.39 is 11.7 Å². The molecule has 0 unspecified atom stereocenters. The number of carbonyl (C=O) groups is 1. The Balaban J connectivity index is 2.33. The van der Waals surface area contributed by atoms with E-state index in [1.54, 1.807) is 18.7 Å². The number of rotatable bonds is 5. The summed E-state index contributed by atoms with van der Waals surface area (Å²) in [6, 6.07) is 2.13. The molecule has 1 aromatic rings. The minimum Gasteiger partial charge on any atom is -0.444 e. The highest BCUT2D eigenvalue weighted by Gasteiger charge is 2.15. The lowest BCUT2D eigenvalue weighted by atomic mass is 10.2. The van der Waals surface area contributed by atoms with Gasteiger partial charge in [0, 0.05) is 20.1 Å². The molecule has 0 aliphatic heterocycles. The van der Waals surface area contributed by atoms with Crippen LogP contribution >= 0.6 is 0 Å². The summed E-state index contributed by atoms with van der Waals surface area (Å²) in [6.07, 6.45) is 0.297. The van der Waals surface area contributed by atoms with Crippen LogP contribution in [0.2, 0.25) is 0 Å². The summed E-state index contributed by atoms with van der Waals surface area (Å²) in [4.78, 5) is 11.4. The van der Waals surface area contributed by atoms with E-state index in [4.69, 9.17) is 10.00 Å². The molecule has 0 radical (unpaired) electrons. The van der Waals surface area contributed by atoms with E-state index in [0.717, 1.165) is 0 Å². The highest BCUT2D eigenvalue weighted by Crippen LogP contribution is 2.16. The van der Waals surface area contributed by atoms with Gasteiger partial charge < -0.3 is 15.4 Å². The molecule has 2 N–H and O–H groups in total. The molecule has 0 saturated carbocycles. The molecule has 1 rings (SSSR count). The van der Waals surface area contributed by atoms with E-state index in [1.807, 2.05) is 20.8 Å². The Morgan fingerprint density at radius 2 is 2.10 bits per heavy atom. The maximum atomic E-state index is 11.4. The van der Waals surface area contributed by atoms with Gasteiger partial charge in [-0.05, 0) is 34.1 Å². The van der Waals surface area contributed by atoms with Crippen molar-refractivity contribution in [3.8, 4) is 6.07 Å². The van der Waals surface area contributed by atoms with Gasteiger partial charge in [-0.3, -0.25) is 4.68 Å². The zero-order chi connectivity index (χ0) is 16.0. The average molecular weight is 293 g/mol. The molecule has 0 saturated heterocycles. The van der Waals surface area contributed by atoms with Crippen LogP contribution in [-0.2, 0) is 11.8 Å². The van der Waals surface area contributed by atoms with Gasteiger partial charge in [-0.15, -0.1) is 0 Å². The summed E-state index contributed by atoms with van der Waals surface area (Å²) in [5.74, 6) is 0.701. The normalized spacial score (nSPS) is 10.9. The standard InChI is InChI=1S/C14H23N5O2/c1-10-11(9-15)12(19(5)18-10)16-7-6-8-17-13(20)21-14(2,3)4/h16H,6-8H2,1-5H3,(H,17,20). The van der Waals surface area contributed by atoms with Crippen molar-refractivity contribution in [1.82, 2.24) is 15.1 Å². The van der Waals surface area contributed by atoms with Crippen molar-refractivity contribution in [3.05, 3.63) is 11.3 Å². The number of alkyl carbamates (subject to hydrolysis) is 1. The van der Waals surface area contributed by atoms with Gasteiger partial charge >= 0.3 is 6.09 Å². The highest BCUT2D eigenvalue weighted by atomic mass is 16.6. The summed E-state index contributed by atoms with van der Waals surface area (Å²) in [5, 5.41) is 19.1. The molecule has 0 aromatic carbocycles. The fraction of sp³-hybridized carbons (Fsp3) is 0.643. The molecule has 0 bridgehead atoms. The summed E-state index contributed by atoms with van der Waals surface area (Å²) >= 11 is 0. The number of nitrogens with zero attached hydrogens (tertiary/aromatic N) is 3. The third-order valence-electron chi connectivity index (χ3n) is 2.65. The van der Waals surface area contributed by atoms with Gasteiger partial charge in [-0.1, -0.05) is 0 Å². The number of carbonyl (C=O) groups excluding carboxylic acids is 1. The number of hydrogen-bond donors (Lipinski definition) is 2. The summed E-state index contributed by atoms with van der Waals surface area (Å²) in [5.41, 5.74) is 0.767. The molecule has 0 fully saturated rings. The van der Waals surface area contributed by atoms with Crippen molar-refractivity contribution in [2.75, 3.05) is 18.4 Å². The van der Waals surface area contributed by atoms with Gasteiger partial charge in [-0.25, -0.2) is 4.79 Å². The van der Waals surface area contributed by atoms with Gasteiger partial charge in [0.2, 0.25) is 0 Å². The monoisotopic (exact) mass is 293 g/mol. The molecule has 7 heteroatoms. The zero-order valence-corrected chi connectivity index (χ0v) is 13.3. The Morgan fingerprint density at radius 1 is 1.43 bits per heavy atom. The number of amides is 1. The van der Waals surface area contributed by atoms with Crippen LogP contribution in [0.15, 0.2) is 0 Å². The van der Waals surface area contributed by atoms with Crippen LogP contribution in [0.25, 0.3) is 0 Å². The minimum atomic E-state index is -0.490. The first kappa shape index (κ1) is 16.8. The summed E-state index contributed by atoms with van der Waals surface area (Å²) < 4.78 is 6.78. The maximum Gasteiger partial charge on any atom is 0.407 e. The molecular formula is C14H23N5O2. The molecule has 1 heterocycles. The number of hydrogen-bond acceptors (Lipinski definition) is 5. The SMILES string of the molecule is Cc1nn(C)c(NCCCNC(=O)OC(C)(C)C)c1C#N. The largest absolute Gasteiger partial charge is 0.444 e. The Bertz CT molecular complexity index is 537. The van der Waals surface area contributed by atoms with Crippen LogP contribution in [-0.4, -0.2) is 34.6 Å². The quantitative estimate of drug-likeness (QED) is 0.809. The molecule has 7 nitrogen and oxygen atoms in total. The van der Waals surface area contributed by atoms with Gasteiger partial charge in [0.25, 0.3) is 0 Å². The molecule has 0 atom stereocenters. The smallest absolute Gasteiger partial charge is 0.407 e. The summed E-state index contributed by atoms with van der Waals surface area (Å²) in [7, 11) is 1.79. The van der Waals surface area contributed by atoms with E-state index in [9.17, 15) is 4.79 Å². The number of nitriles is 1. The topological polar surface area (TPSA) is 92.0 Å². The minimum absolute atomic E-state index is 0.420. The number of anilines is 1. The number of nitrogens with one attached hydrogen (secondary N) is 2. The fourth-order valence-corrected chi connectivity index (χ4v) is 1.79. The van der Waals surface area contributed by atoms with Crippen LogP contribution in [0.4, 0.5) is 10.6 Å². The zero-order valence-electron chi connectivity index (χ0n) is 13.3. The molecule has 1 amide bonds. The van der Waals surface area contributed by atoms with Crippen LogP contribution in [0.3, 0.4) is 0 Å². The van der Waals surface area contributed by atoms with Crippen LogP contribution in [0.1, 0.15) is 38.4 Å². The van der Waals surface area contributed by atoms with E-state index in [1.165, 1.54) is 0 Å².